The smallest absolute Gasteiger partial charge is 0.278 e. The van der Waals surface area contributed by atoms with Gasteiger partial charge >= 0.3 is 0 Å². The minimum absolute atomic E-state index is 0.0965. The molecule has 5 nitrogen and oxygen atoms in total. The van der Waals surface area contributed by atoms with E-state index in [4.69, 9.17) is 11.6 Å². The first-order valence-corrected chi connectivity index (χ1v) is 9.87. The summed E-state index contributed by atoms with van der Waals surface area (Å²) in [6.07, 6.45) is 0. The summed E-state index contributed by atoms with van der Waals surface area (Å²) in [4.78, 5) is 32.0. The molecular formula is C22H21ClFN3O2. The van der Waals surface area contributed by atoms with E-state index in [-0.39, 0.29) is 24.2 Å². The molecule has 1 saturated heterocycles. The van der Waals surface area contributed by atoms with Crippen LogP contribution in [-0.4, -0.2) is 59.7 Å². The molecule has 0 aliphatic carbocycles. The Morgan fingerprint density at radius 3 is 2.24 bits per heavy atom. The van der Waals surface area contributed by atoms with Crippen molar-refractivity contribution in [2.45, 2.75) is 6.54 Å². The van der Waals surface area contributed by atoms with Crippen molar-refractivity contribution in [2.24, 2.45) is 0 Å². The summed E-state index contributed by atoms with van der Waals surface area (Å²) in [7, 11) is 2.03. The van der Waals surface area contributed by atoms with E-state index in [1.54, 1.807) is 30.3 Å². The molecule has 2 aliphatic heterocycles. The maximum Gasteiger partial charge on any atom is 0.278 e. The van der Waals surface area contributed by atoms with Crippen LogP contribution in [0.15, 0.2) is 54.2 Å². The molecule has 2 amide bonds. The summed E-state index contributed by atoms with van der Waals surface area (Å²) in [6.45, 7) is 2.99. The molecule has 1 fully saturated rings. The minimum atomic E-state index is -0.389. The monoisotopic (exact) mass is 413 g/mol. The van der Waals surface area contributed by atoms with E-state index in [0.717, 1.165) is 13.1 Å². The van der Waals surface area contributed by atoms with Crippen LogP contribution in [0.25, 0.3) is 5.57 Å². The highest BCUT2D eigenvalue weighted by Crippen LogP contribution is 2.33. The fourth-order valence-corrected chi connectivity index (χ4v) is 3.90. The number of amides is 2. The second-order valence-electron chi connectivity index (χ2n) is 7.31. The molecule has 7 heteroatoms. The van der Waals surface area contributed by atoms with E-state index in [9.17, 15) is 14.0 Å². The number of carbonyl (C=O) groups excluding carboxylic acids is 2. The first kappa shape index (κ1) is 19.6. The molecule has 0 unspecified atom stereocenters. The second-order valence-corrected chi connectivity index (χ2v) is 7.72. The zero-order valence-corrected chi connectivity index (χ0v) is 16.8. The van der Waals surface area contributed by atoms with Crippen molar-refractivity contribution in [3.63, 3.8) is 0 Å². The molecule has 0 saturated carbocycles. The maximum atomic E-state index is 13.4. The van der Waals surface area contributed by atoms with Crippen LogP contribution >= 0.6 is 11.6 Å². The van der Waals surface area contributed by atoms with E-state index in [2.05, 4.69) is 4.90 Å². The lowest BCUT2D eigenvalue weighted by Gasteiger charge is -2.34. The summed E-state index contributed by atoms with van der Waals surface area (Å²) in [6, 6.07) is 12.9. The van der Waals surface area contributed by atoms with Crippen LogP contribution in [0.2, 0.25) is 5.02 Å². The van der Waals surface area contributed by atoms with Crippen LogP contribution < -0.4 is 0 Å². The number of rotatable bonds is 4. The standard InChI is InChI=1S/C22H21ClFN3O2/c1-25-10-12-26(13-11-25)20-19(15-6-8-17(24)9-7-15)21(28)27(22(20)29)14-16-4-2-3-5-18(16)23/h2-9H,10-14H2,1H3. The highest BCUT2D eigenvalue weighted by Gasteiger charge is 2.42. The maximum absolute atomic E-state index is 13.4. The molecule has 0 aromatic heterocycles. The number of hydrogen-bond acceptors (Lipinski definition) is 4. The molecule has 0 radical (unpaired) electrons. The molecule has 4 rings (SSSR count). The molecular weight excluding hydrogens is 393 g/mol. The van der Waals surface area contributed by atoms with E-state index in [0.29, 0.717) is 40.5 Å². The second kappa shape index (κ2) is 7.97. The van der Waals surface area contributed by atoms with E-state index in [1.165, 1.54) is 17.0 Å². The predicted molar refractivity (Wildman–Crippen MR) is 109 cm³/mol. The van der Waals surface area contributed by atoms with Gasteiger partial charge in [0, 0.05) is 31.2 Å². The average Bonchev–Trinajstić information content (AvgIpc) is 2.96. The number of hydrogen-bond donors (Lipinski definition) is 0. The average molecular weight is 414 g/mol. The van der Waals surface area contributed by atoms with E-state index < -0.39 is 0 Å². The van der Waals surface area contributed by atoms with E-state index >= 15 is 0 Å². The summed E-state index contributed by atoms with van der Waals surface area (Å²) in [5, 5.41) is 0.504. The third-order valence-corrected chi connectivity index (χ3v) is 5.75. The Morgan fingerprint density at radius 1 is 0.931 bits per heavy atom. The third-order valence-electron chi connectivity index (χ3n) is 5.38. The van der Waals surface area contributed by atoms with Gasteiger partial charge in [0.05, 0.1) is 12.1 Å². The zero-order chi connectivity index (χ0) is 20.5. The van der Waals surface area contributed by atoms with Gasteiger partial charge in [0.15, 0.2) is 0 Å². The largest absolute Gasteiger partial charge is 0.364 e. The lowest BCUT2D eigenvalue weighted by molar-refractivity contribution is -0.138. The molecule has 0 atom stereocenters. The van der Waals surface area contributed by atoms with Crippen LogP contribution in [0.4, 0.5) is 4.39 Å². The number of nitrogens with zero attached hydrogens (tertiary/aromatic N) is 3. The topological polar surface area (TPSA) is 43.9 Å². The molecule has 2 aromatic rings. The molecule has 2 aliphatic rings. The van der Waals surface area contributed by atoms with Crippen molar-refractivity contribution in [2.75, 3.05) is 33.2 Å². The van der Waals surface area contributed by atoms with Crippen LogP contribution in [0.5, 0.6) is 0 Å². The van der Waals surface area contributed by atoms with Crippen LogP contribution in [0, 0.1) is 5.82 Å². The van der Waals surface area contributed by atoms with Gasteiger partial charge in [0.1, 0.15) is 11.5 Å². The summed E-state index contributed by atoms with van der Waals surface area (Å²) < 4.78 is 13.4. The molecule has 29 heavy (non-hydrogen) atoms. The summed E-state index contributed by atoms with van der Waals surface area (Å²) in [5.74, 6) is -1.10. The van der Waals surface area contributed by atoms with Crippen molar-refractivity contribution in [3.8, 4) is 0 Å². The first-order valence-electron chi connectivity index (χ1n) is 9.49. The van der Waals surface area contributed by atoms with Crippen LogP contribution in [0.3, 0.4) is 0 Å². The summed E-state index contributed by atoms with van der Waals surface area (Å²) >= 11 is 6.25. The van der Waals surface area contributed by atoms with Crippen molar-refractivity contribution in [3.05, 3.63) is 76.2 Å². The van der Waals surface area contributed by atoms with Gasteiger partial charge in [0.25, 0.3) is 11.8 Å². The molecule has 0 spiro atoms. The van der Waals surface area contributed by atoms with Gasteiger partial charge in [-0.2, -0.15) is 0 Å². The summed E-state index contributed by atoms with van der Waals surface area (Å²) in [5.41, 5.74) is 1.96. The Balaban J connectivity index is 1.73. The normalized spacial score (nSPS) is 18.2. The van der Waals surface area contributed by atoms with Crippen molar-refractivity contribution in [1.29, 1.82) is 0 Å². The number of halogens is 2. The van der Waals surface area contributed by atoms with Gasteiger partial charge in [-0.05, 0) is 36.4 Å². The highest BCUT2D eigenvalue weighted by molar-refractivity contribution is 6.35. The fourth-order valence-electron chi connectivity index (χ4n) is 3.70. The Morgan fingerprint density at radius 2 is 1.59 bits per heavy atom. The third kappa shape index (κ3) is 3.78. The lowest BCUT2D eigenvalue weighted by atomic mass is 10.0. The number of imide groups is 1. The van der Waals surface area contributed by atoms with Gasteiger partial charge in [-0.25, -0.2) is 4.39 Å². The van der Waals surface area contributed by atoms with Gasteiger partial charge in [-0.15, -0.1) is 0 Å². The minimum Gasteiger partial charge on any atom is -0.364 e. The highest BCUT2D eigenvalue weighted by atomic mass is 35.5. The molecule has 150 valence electrons. The van der Waals surface area contributed by atoms with Crippen molar-refractivity contribution >= 4 is 29.0 Å². The SMILES string of the molecule is CN1CCN(C2=C(c3ccc(F)cc3)C(=O)N(Cc3ccccc3Cl)C2=O)CC1. The first-order chi connectivity index (χ1) is 14.0. The van der Waals surface area contributed by atoms with Gasteiger partial charge in [0.2, 0.25) is 0 Å². The number of piperazine rings is 1. The van der Waals surface area contributed by atoms with Gasteiger partial charge in [-0.3, -0.25) is 14.5 Å². The molecule has 2 heterocycles. The van der Waals surface area contributed by atoms with E-state index in [1.807, 2.05) is 18.0 Å². The van der Waals surface area contributed by atoms with Crippen molar-refractivity contribution < 1.29 is 14.0 Å². The van der Waals surface area contributed by atoms with Gasteiger partial charge < -0.3 is 9.80 Å². The Kier molecular flexibility index (Phi) is 5.39. The fraction of sp³-hybridized carbons (Fsp3) is 0.273. The predicted octanol–water partition coefficient (Wildman–Crippen LogP) is 3.01. The zero-order valence-electron chi connectivity index (χ0n) is 16.1. The molecule has 0 bridgehead atoms. The van der Waals surface area contributed by atoms with Crippen LogP contribution in [0.1, 0.15) is 11.1 Å². The quantitative estimate of drug-likeness (QED) is 0.723. The Labute approximate surface area is 174 Å². The molecule has 0 N–H and O–H groups in total. The molecule has 2 aromatic carbocycles. The number of carbonyl (C=O) groups is 2. The Bertz CT molecular complexity index is 982. The Hall–Kier alpha value is -2.70. The van der Waals surface area contributed by atoms with Gasteiger partial charge in [-0.1, -0.05) is 41.9 Å². The lowest BCUT2D eigenvalue weighted by Crippen LogP contribution is -2.46. The number of likely N-dealkylation sites (N-methyl/N-ethyl adjacent to an activating group) is 1. The van der Waals surface area contributed by atoms with Crippen LogP contribution in [-0.2, 0) is 16.1 Å². The number of benzene rings is 2. The van der Waals surface area contributed by atoms with Crippen molar-refractivity contribution in [1.82, 2.24) is 14.7 Å².